The molecule has 0 aliphatic heterocycles. The van der Waals surface area contributed by atoms with Crippen molar-refractivity contribution in [2.75, 3.05) is 0 Å². The Bertz CT molecular complexity index is 1880. The van der Waals surface area contributed by atoms with E-state index < -0.39 is 17.0 Å². The molecule has 228 valence electrons. The highest BCUT2D eigenvalue weighted by atomic mass is 16.5. The summed E-state index contributed by atoms with van der Waals surface area (Å²) in [6.45, 7) is 11.0. The Morgan fingerprint density at radius 3 is 2.18 bits per heavy atom. The summed E-state index contributed by atoms with van der Waals surface area (Å²) >= 11 is 0. The minimum atomic E-state index is -1.05. The molecule has 0 saturated heterocycles. The van der Waals surface area contributed by atoms with E-state index in [1.807, 2.05) is 81.4 Å². The second kappa shape index (κ2) is 12.1. The largest absolute Gasteiger partial charge is 0.485 e. The Hall–Kier alpha value is -4.76. The zero-order valence-corrected chi connectivity index (χ0v) is 26.0. The topological polar surface area (TPSA) is 123 Å². The Kier molecular flexibility index (Phi) is 8.43. The first-order valence-electron chi connectivity index (χ1n) is 14.8. The van der Waals surface area contributed by atoms with Gasteiger partial charge in [-0.05, 0) is 82.0 Å². The van der Waals surface area contributed by atoms with Gasteiger partial charge in [-0.3, -0.25) is 18.9 Å². The SMILES string of the molecule is CCCc1nc(C)n(-c2ccc(OC(C)(C)C(C)(C)O)cc2)c(=O)c1Cc1ccc(-c2ccccc2-c2noc(=O)[nH]2)cc1. The molecular formula is C35H38N4O5. The summed E-state index contributed by atoms with van der Waals surface area (Å²) in [5, 5.41) is 14.3. The molecule has 9 heteroatoms. The Morgan fingerprint density at radius 2 is 1.59 bits per heavy atom. The van der Waals surface area contributed by atoms with E-state index >= 15 is 0 Å². The van der Waals surface area contributed by atoms with E-state index in [1.165, 1.54) is 0 Å². The molecule has 0 spiro atoms. The number of benzene rings is 3. The van der Waals surface area contributed by atoms with E-state index in [2.05, 4.69) is 17.1 Å². The van der Waals surface area contributed by atoms with E-state index in [1.54, 1.807) is 30.5 Å². The van der Waals surface area contributed by atoms with Gasteiger partial charge in [0.1, 0.15) is 17.2 Å². The van der Waals surface area contributed by atoms with Crippen LogP contribution in [0.5, 0.6) is 5.75 Å². The van der Waals surface area contributed by atoms with Crippen molar-refractivity contribution in [1.29, 1.82) is 0 Å². The predicted molar refractivity (Wildman–Crippen MR) is 170 cm³/mol. The molecule has 0 saturated carbocycles. The molecular weight excluding hydrogens is 556 g/mol. The van der Waals surface area contributed by atoms with Crippen LogP contribution in [-0.2, 0) is 12.8 Å². The van der Waals surface area contributed by atoms with Gasteiger partial charge in [0.25, 0.3) is 5.56 Å². The minimum Gasteiger partial charge on any atom is -0.485 e. The first kappa shape index (κ1) is 30.7. The molecule has 2 aromatic heterocycles. The molecule has 0 aliphatic rings. The zero-order chi connectivity index (χ0) is 31.6. The fraction of sp³-hybridized carbons (Fsp3) is 0.314. The van der Waals surface area contributed by atoms with Crippen LogP contribution in [0.25, 0.3) is 28.2 Å². The second-order valence-electron chi connectivity index (χ2n) is 12.0. The number of aryl methyl sites for hydroxylation is 2. The summed E-state index contributed by atoms with van der Waals surface area (Å²) < 4.78 is 12.4. The van der Waals surface area contributed by atoms with Crippen molar-refractivity contribution in [3.63, 3.8) is 0 Å². The van der Waals surface area contributed by atoms with Crippen LogP contribution >= 0.6 is 0 Å². The van der Waals surface area contributed by atoms with E-state index in [0.717, 1.165) is 34.4 Å². The molecule has 0 fully saturated rings. The fourth-order valence-corrected chi connectivity index (χ4v) is 5.02. The molecule has 0 bridgehead atoms. The smallest absolute Gasteiger partial charge is 0.439 e. The zero-order valence-electron chi connectivity index (χ0n) is 26.0. The van der Waals surface area contributed by atoms with Crippen LogP contribution in [0.15, 0.2) is 86.9 Å². The van der Waals surface area contributed by atoms with Gasteiger partial charge >= 0.3 is 5.76 Å². The van der Waals surface area contributed by atoms with E-state index in [4.69, 9.17) is 14.2 Å². The number of aromatic amines is 1. The number of ether oxygens (including phenoxy) is 1. The summed E-state index contributed by atoms with van der Waals surface area (Å²) in [4.78, 5) is 33.1. The number of nitrogens with zero attached hydrogens (tertiary/aromatic N) is 3. The van der Waals surface area contributed by atoms with Crippen LogP contribution in [-0.4, -0.2) is 36.0 Å². The Morgan fingerprint density at radius 1 is 0.932 bits per heavy atom. The molecule has 0 amide bonds. The lowest BCUT2D eigenvalue weighted by molar-refractivity contribution is -0.0906. The summed E-state index contributed by atoms with van der Waals surface area (Å²) in [5.41, 5.74) is 3.76. The fourth-order valence-electron chi connectivity index (χ4n) is 5.02. The highest BCUT2D eigenvalue weighted by molar-refractivity contribution is 5.80. The van der Waals surface area contributed by atoms with Gasteiger partial charge in [-0.15, -0.1) is 0 Å². The van der Waals surface area contributed by atoms with Crippen molar-refractivity contribution in [1.82, 2.24) is 19.7 Å². The lowest BCUT2D eigenvalue weighted by Crippen LogP contribution is -2.49. The third-order valence-corrected chi connectivity index (χ3v) is 8.13. The number of nitrogens with one attached hydrogen (secondary N) is 1. The maximum atomic E-state index is 14.0. The second-order valence-corrected chi connectivity index (χ2v) is 12.0. The van der Waals surface area contributed by atoms with Crippen LogP contribution in [0.3, 0.4) is 0 Å². The van der Waals surface area contributed by atoms with Crippen molar-refractivity contribution in [3.8, 4) is 34.0 Å². The number of hydrogen-bond donors (Lipinski definition) is 2. The highest BCUT2D eigenvalue weighted by Gasteiger charge is 2.37. The highest BCUT2D eigenvalue weighted by Crippen LogP contribution is 2.31. The van der Waals surface area contributed by atoms with Crippen molar-refractivity contribution >= 4 is 0 Å². The standard InChI is InChI=1S/C35H38N4O5/c1-7-10-30-29(21-23-13-15-24(16-14-23)27-11-8-9-12-28(27)31-37-33(41)44-38-31)32(40)39(22(2)36-30)25-17-19-26(20-18-25)43-35(5,6)34(3,4)42/h8-9,11-20,42H,7,10,21H2,1-6H3,(H,37,38,41). The van der Waals surface area contributed by atoms with Crippen molar-refractivity contribution in [3.05, 3.63) is 116 Å². The average molecular weight is 595 g/mol. The number of H-pyrrole nitrogens is 1. The molecule has 0 atom stereocenters. The van der Waals surface area contributed by atoms with Crippen LogP contribution in [0.2, 0.25) is 0 Å². The molecule has 5 aromatic rings. The molecule has 9 nitrogen and oxygen atoms in total. The molecule has 0 unspecified atom stereocenters. The van der Waals surface area contributed by atoms with Crippen molar-refractivity contribution in [2.45, 2.75) is 72.0 Å². The molecule has 2 N–H and O–H groups in total. The lowest BCUT2D eigenvalue weighted by Gasteiger charge is -2.37. The van der Waals surface area contributed by atoms with Crippen molar-refractivity contribution < 1.29 is 14.4 Å². The molecule has 0 radical (unpaired) electrons. The van der Waals surface area contributed by atoms with Crippen LogP contribution in [0.1, 0.15) is 63.7 Å². The van der Waals surface area contributed by atoms with E-state index in [-0.39, 0.29) is 5.56 Å². The molecule has 0 aliphatic carbocycles. The number of aromatic nitrogens is 4. The van der Waals surface area contributed by atoms with Gasteiger partial charge < -0.3 is 9.84 Å². The quantitative estimate of drug-likeness (QED) is 0.203. The minimum absolute atomic E-state index is 0.101. The van der Waals surface area contributed by atoms with Gasteiger partial charge in [-0.2, -0.15) is 0 Å². The monoisotopic (exact) mass is 594 g/mol. The third kappa shape index (κ3) is 6.28. The maximum Gasteiger partial charge on any atom is 0.439 e. The molecule has 3 aromatic carbocycles. The molecule has 5 rings (SSSR count). The number of aliphatic hydroxyl groups is 1. The third-order valence-electron chi connectivity index (χ3n) is 8.13. The lowest BCUT2D eigenvalue weighted by atomic mass is 9.89. The van der Waals surface area contributed by atoms with Gasteiger partial charge in [-0.25, -0.2) is 9.78 Å². The van der Waals surface area contributed by atoms with E-state index in [9.17, 15) is 14.7 Å². The van der Waals surface area contributed by atoms with Gasteiger partial charge in [0.05, 0.1) is 17.0 Å². The molecule has 2 heterocycles. The van der Waals surface area contributed by atoms with Crippen LogP contribution in [0.4, 0.5) is 0 Å². The Balaban J connectivity index is 1.46. The summed E-state index contributed by atoms with van der Waals surface area (Å²) in [5.74, 6) is 0.972. The number of hydrogen-bond acceptors (Lipinski definition) is 7. The first-order valence-corrected chi connectivity index (χ1v) is 14.8. The van der Waals surface area contributed by atoms with E-state index in [0.29, 0.717) is 41.5 Å². The summed E-state index contributed by atoms with van der Waals surface area (Å²) in [7, 11) is 0. The van der Waals surface area contributed by atoms with Gasteiger partial charge in [0.15, 0.2) is 5.82 Å². The van der Waals surface area contributed by atoms with Crippen molar-refractivity contribution in [2.24, 2.45) is 0 Å². The summed E-state index contributed by atoms with van der Waals surface area (Å²) in [6.07, 6.45) is 2.00. The van der Waals surface area contributed by atoms with Gasteiger partial charge in [-0.1, -0.05) is 67.0 Å². The van der Waals surface area contributed by atoms with Crippen LogP contribution < -0.4 is 16.1 Å². The maximum absolute atomic E-state index is 14.0. The molecule has 44 heavy (non-hydrogen) atoms. The first-order chi connectivity index (χ1) is 20.9. The predicted octanol–water partition coefficient (Wildman–Crippen LogP) is 6.02. The van der Waals surface area contributed by atoms with Gasteiger partial charge in [0.2, 0.25) is 0 Å². The summed E-state index contributed by atoms with van der Waals surface area (Å²) in [6, 6.07) is 22.9. The number of rotatable bonds is 10. The Labute approximate surface area is 256 Å². The van der Waals surface area contributed by atoms with Crippen LogP contribution in [0, 0.1) is 6.92 Å². The normalized spacial score (nSPS) is 12.0. The average Bonchev–Trinajstić information content (AvgIpc) is 3.42. The van der Waals surface area contributed by atoms with Gasteiger partial charge in [0, 0.05) is 17.5 Å².